The Morgan fingerprint density at radius 3 is 2.52 bits per heavy atom. The third kappa shape index (κ3) is 2.12. The highest BCUT2D eigenvalue weighted by Gasteiger charge is 2.18. The molecular formula is C14H14N5O2+. The second kappa shape index (κ2) is 4.62. The Kier molecular flexibility index (Phi) is 2.90. The molecule has 0 aliphatic heterocycles. The van der Waals surface area contributed by atoms with E-state index in [1.54, 1.807) is 7.05 Å². The van der Waals surface area contributed by atoms with Gasteiger partial charge in [0.05, 0.1) is 0 Å². The van der Waals surface area contributed by atoms with Gasteiger partial charge in [0.1, 0.15) is 7.05 Å². The lowest BCUT2D eigenvalue weighted by Crippen LogP contribution is -2.42. The van der Waals surface area contributed by atoms with Crippen molar-refractivity contribution in [2.24, 2.45) is 14.1 Å². The average Bonchev–Trinajstić information content (AvgIpc) is 2.47. The summed E-state index contributed by atoms with van der Waals surface area (Å²) >= 11 is 0. The molecule has 0 aliphatic rings. The van der Waals surface area contributed by atoms with E-state index < -0.39 is 11.2 Å². The molecule has 0 bridgehead atoms. The molecule has 0 spiro atoms. The number of nitrogens with zero attached hydrogens (tertiary/aromatic N) is 4. The second-order valence-corrected chi connectivity index (χ2v) is 4.92. The van der Waals surface area contributed by atoms with Crippen LogP contribution in [0.15, 0.2) is 33.9 Å². The minimum atomic E-state index is -0.491. The number of aromatic amines is 1. The van der Waals surface area contributed by atoms with Gasteiger partial charge in [0, 0.05) is 12.6 Å². The lowest BCUT2D eigenvalue weighted by atomic mass is 10.1. The van der Waals surface area contributed by atoms with E-state index in [4.69, 9.17) is 0 Å². The number of rotatable bonds is 1. The highest BCUT2D eigenvalue weighted by Crippen LogP contribution is 2.14. The highest BCUT2D eigenvalue weighted by atomic mass is 16.2. The van der Waals surface area contributed by atoms with E-state index in [0.29, 0.717) is 11.5 Å². The largest absolute Gasteiger partial charge is 0.416 e. The number of hydrogen-bond acceptors (Lipinski definition) is 4. The van der Waals surface area contributed by atoms with Gasteiger partial charge in [-0.25, -0.2) is 14.3 Å². The third-order valence-electron chi connectivity index (χ3n) is 3.36. The summed E-state index contributed by atoms with van der Waals surface area (Å²) in [6.45, 7) is 1.99. The van der Waals surface area contributed by atoms with Crippen molar-refractivity contribution in [2.75, 3.05) is 0 Å². The molecule has 21 heavy (non-hydrogen) atoms. The normalized spacial score (nSPS) is 11.0. The molecule has 7 heteroatoms. The SMILES string of the molecule is Cc1ccc(-c2nc3c(=O)n(C)c(=O)[nH]c3[n+](C)n2)cc1. The molecule has 3 aromatic rings. The lowest BCUT2D eigenvalue weighted by molar-refractivity contribution is -0.707. The standard InChI is InChI=1S/C14H13N5O2/c1-8-4-6-9(7-5-8)11-15-10-12(19(3)17-11)16-14(21)18(2)13(10)20/h4-7H,1-3H3/p+1. The maximum Gasteiger partial charge on any atom is 0.416 e. The van der Waals surface area contributed by atoms with Gasteiger partial charge in [0.2, 0.25) is 11.3 Å². The van der Waals surface area contributed by atoms with Crippen LogP contribution in [0, 0.1) is 6.92 Å². The van der Waals surface area contributed by atoms with Crippen LogP contribution in [0.2, 0.25) is 0 Å². The van der Waals surface area contributed by atoms with Gasteiger partial charge in [-0.3, -0.25) is 4.79 Å². The predicted octanol–water partition coefficient (Wildman–Crippen LogP) is -0.183. The topological polar surface area (TPSA) is 84.5 Å². The number of benzene rings is 1. The van der Waals surface area contributed by atoms with E-state index >= 15 is 0 Å². The lowest BCUT2D eigenvalue weighted by Gasteiger charge is -2.02. The molecule has 0 atom stereocenters. The van der Waals surface area contributed by atoms with E-state index in [-0.39, 0.29) is 5.52 Å². The summed E-state index contributed by atoms with van der Waals surface area (Å²) in [5.41, 5.74) is 1.49. The summed E-state index contributed by atoms with van der Waals surface area (Å²) in [7, 11) is 3.07. The summed E-state index contributed by atoms with van der Waals surface area (Å²) in [5.74, 6) is 0.439. The molecule has 1 N–H and O–H groups in total. The van der Waals surface area contributed by atoms with Gasteiger partial charge in [0.25, 0.3) is 5.56 Å². The molecule has 0 saturated heterocycles. The molecular weight excluding hydrogens is 270 g/mol. The van der Waals surface area contributed by atoms with Gasteiger partial charge in [-0.15, -0.1) is 4.68 Å². The summed E-state index contributed by atoms with van der Waals surface area (Å²) in [6.07, 6.45) is 0. The first kappa shape index (κ1) is 13.2. The molecule has 7 nitrogen and oxygen atoms in total. The van der Waals surface area contributed by atoms with Crippen LogP contribution in [0.1, 0.15) is 5.56 Å². The molecule has 2 aromatic heterocycles. The fourth-order valence-corrected chi connectivity index (χ4v) is 2.08. The number of aromatic nitrogens is 5. The first-order valence-electron chi connectivity index (χ1n) is 6.42. The zero-order chi connectivity index (χ0) is 15.1. The molecule has 0 fully saturated rings. The van der Waals surface area contributed by atoms with Crippen molar-refractivity contribution in [1.82, 2.24) is 19.6 Å². The Labute approximate surface area is 119 Å². The van der Waals surface area contributed by atoms with Crippen molar-refractivity contribution >= 4 is 11.2 Å². The quantitative estimate of drug-likeness (QED) is 0.628. The fourth-order valence-electron chi connectivity index (χ4n) is 2.08. The maximum atomic E-state index is 12.2. The van der Waals surface area contributed by atoms with Crippen molar-refractivity contribution in [1.29, 1.82) is 0 Å². The van der Waals surface area contributed by atoms with Crippen LogP contribution in [0.25, 0.3) is 22.6 Å². The molecule has 106 valence electrons. The summed E-state index contributed by atoms with van der Waals surface area (Å²) < 4.78 is 2.45. The molecule has 0 saturated carbocycles. The smallest absolute Gasteiger partial charge is 0.266 e. The number of hydrogen-bond donors (Lipinski definition) is 1. The van der Waals surface area contributed by atoms with Gasteiger partial charge in [0.15, 0.2) is 0 Å². The second-order valence-electron chi connectivity index (χ2n) is 4.92. The zero-order valence-electron chi connectivity index (χ0n) is 11.9. The third-order valence-corrected chi connectivity index (χ3v) is 3.36. The van der Waals surface area contributed by atoms with E-state index in [0.717, 1.165) is 15.7 Å². The van der Waals surface area contributed by atoms with Crippen molar-refractivity contribution < 1.29 is 4.68 Å². The van der Waals surface area contributed by atoms with Gasteiger partial charge in [-0.1, -0.05) is 34.9 Å². The van der Waals surface area contributed by atoms with E-state index in [2.05, 4.69) is 15.1 Å². The number of aryl methyl sites for hydroxylation is 2. The van der Waals surface area contributed by atoms with Gasteiger partial charge < -0.3 is 0 Å². The zero-order valence-corrected chi connectivity index (χ0v) is 11.9. The van der Waals surface area contributed by atoms with Crippen LogP contribution in [0.5, 0.6) is 0 Å². The van der Waals surface area contributed by atoms with Gasteiger partial charge in [-0.05, 0) is 6.92 Å². The predicted molar refractivity (Wildman–Crippen MR) is 76.7 cm³/mol. The van der Waals surface area contributed by atoms with Crippen LogP contribution < -0.4 is 15.9 Å². The van der Waals surface area contributed by atoms with Crippen molar-refractivity contribution in [3.05, 3.63) is 50.7 Å². The summed E-state index contributed by atoms with van der Waals surface area (Å²) in [5, 5.41) is 4.30. The Morgan fingerprint density at radius 1 is 1.19 bits per heavy atom. The molecule has 1 aromatic carbocycles. The molecule has 0 unspecified atom stereocenters. The minimum absolute atomic E-state index is 0.185. The molecule has 0 radical (unpaired) electrons. The molecule has 3 rings (SSSR count). The van der Waals surface area contributed by atoms with Crippen LogP contribution in [0.3, 0.4) is 0 Å². The highest BCUT2D eigenvalue weighted by molar-refractivity contribution is 5.67. The first-order chi connectivity index (χ1) is 9.97. The fraction of sp³-hybridized carbons (Fsp3) is 0.214. The maximum absolute atomic E-state index is 12.2. The monoisotopic (exact) mass is 284 g/mol. The van der Waals surface area contributed by atoms with E-state index in [1.165, 1.54) is 11.7 Å². The Bertz CT molecular complexity index is 954. The van der Waals surface area contributed by atoms with Crippen LogP contribution in [-0.2, 0) is 14.1 Å². The van der Waals surface area contributed by atoms with Gasteiger partial charge in [-0.2, -0.15) is 4.98 Å². The number of nitrogens with one attached hydrogen (secondary N) is 1. The van der Waals surface area contributed by atoms with E-state index in [1.807, 2.05) is 31.2 Å². The summed E-state index contributed by atoms with van der Waals surface area (Å²) in [4.78, 5) is 30.7. The van der Waals surface area contributed by atoms with Crippen LogP contribution in [0.4, 0.5) is 0 Å². The van der Waals surface area contributed by atoms with Gasteiger partial charge >= 0.3 is 11.3 Å². The average molecular weight is 284 g/mol. The van der Waals surface area contributed by atoms with Crippen molar-refractivity contribution in [3.8, 4) is 11.4 Å². The number of fused-ring (bicyclic) bond motifs is 1. The van der Waals surface area contributed by atoms with E-state index in [9.17, 15) is 9.59 Å². The molecule has 0 amide bonds. The minimum Gasteiger partial charge on any atom is -0.266 e. The van der Waals surface area contributed by atoms with Crippen molar-refractivity contribution in [3.63, 3.8) is 0 Å². The Balaban J connectivity index is 2.35. The Morgan fingerprint density at radius 2 is 1.86 bits per heavy atom. The van der Waals surface area contributed by atoms with Crippen LogP contribution >= 0.6 is 0 Å². The van der Waals surface area contributed by atoms with Crippen molar-refractivity contribution in [2.45, 2.75) is 6.92 Å². The summed E-state index contributed by atoms with van der Waals surface area (Å²) in [6, 6.07) is 7.70. The van der Waals surface area contributed by atoms with Crippen LogP contribution in [-0.4, -0.2) is 19.6 Å². The first-order valence-corrected chi connectivity index (χ1v) is 6.42. The molecule has 2 heterocycles. The molecule has 0 aliphatic carbocycles. The number of H-pyrrole nitrogens is 1. The Hall–Kier alpha value is -2.83.